The van der Waals surface area contributed by atoms with Gasteiger partial charge >= 0.3 is 5.97 Å². The van der Waals surface area contributed by atoms with Crippen molar-refractivity contribution in [3.8, 4) is 0 Å². The van der Waals surface area contributed by atoms with E-state index in [9.17, 15) is 9.59 Å². The Balaban J connectivity index is 2.56. The SMILES string of the molecule is CCC(C)OCC(=O)N1CCC(C)CC1C(=O)O. The molecule has 1 heterocycles. The van der Waals surface area contributed by atoms with E-state index in [-0.39, 0.29) is 18.6 Å². The Kier molecular flexibility index (Phi) is 5.59. The number of carbonyl (C=O) groups is 2. The lowest BCUT2D eigenvalue weighted by atomic mass is 9.92. The van der Waals surface area contributed by atoms with Gasteiger partial charge in [-0.3, -0.25) is 4.79 Å². The molecule has 0 aromatic carbocycles. The van der Waals surface area contributed by atoms with Crippen LogP contribution in [0.3, 0.4) is 0 Å². The van der Waals surface area contributed by atoms with E-state index in [0.717, 1.165) is 12.8 Å². The first kappa shape index (κ1) is 15.0. The van der Waals surface area contributed by atoms with Crippen LogP contribution in [0.5, 0.6) is 0 Å². The molecule has 0 spiro atoms. The Morgan fingerprint density at radius 2 is 2.17 bits per heavy atom. The molecule has 0 bridgehead atoms. The molecule has 5 nitrogen and oxygen atoms in total. The second-order valence-corrected chi connectivity index (χ2v) is 5.10. The van der Waals surface area contributed by atoms with Gasteiger partial charge in [0, 0.05) is 6.54 Å². The van der Waals surface area contributed by atoms with Gasteiger partial charge in [-0.05, 0) is 32.1 Å². The highest BCUT2D eigenvalue weighted by Crippen LogP contribution is 2.22. The van der Waals surface area contributed by atoms with Gasteiger partial charge in [0.15, 0.2) is 0 Å². The van der Waals surface area contributed by atoms with E-state index < -0.39 is 12.0 Å². The maximum Gasteiger partial charge on any atom is 0.326 e. The molecule has 104 valence electrons. The van der Waals surface area contributed by atoms with E-state index in [1.165, 1.54) is 4.90 Å². The van der Waals surface area contributed by atoms with Crippen LogP contribution in [0, 0.1) is 5.92 Å². The van der Waals surface area contributed by atoms with Crippen LogP contribution in [0.15, 0.2) is 0 Å². The summed E-state index contributed by atoms with van der Waals surface area (Å²) in [6, 6.07) is -0.693. The smallest absolute Gasteiger partial charge is 0.326 e. The van der Waals surface area contributed by atoms with E-state index in [1.54, 1.807) is 0 Å². The fourth-order valence-electron chi connectivity index (χ4n) is 2.09. The van der Waals surface area contributed by atoms with Crippen molar-refractivity contribution >= 4 is 11.9 Å². The Morgan fingerprint density at radius 3 is 2.72 bits per heavy atom. The second kappa shape index (κ2) is 6.73. The first-order valence-electron chi connectivity index (χ1n) is 6.59. The van der Waals surface area contributed by atoms with Crippen LogP contribution in [0.25, 0.3) is 0 Å². The van der Waals surface area contributed by atoms with Crippen molar-refractivity contribution in [1.82, 2.24) is 4.90 Å². The van der Waals surface area contributed by atoms with Gasteiger partial charge in [-0.2, -0.15) is 0 Å². The van der Waals surface area contributed by atoms with Crippen molar-refractivity contribution in [2.24, 2.45) is 5.92 Å². The van der Waals surface area contributed by atoms with E-state index in [4.69, 9.17) is 9.84 Å². The van der Waals surface area contributed by atoms with Gasteiger partial charge in [0.25, 0.3) is 0 Å². The topological polar surface area (TPSA) is 66.8 Å². The van der Waals surface area contributed by atoms with Crippen LogP contribution in [0.1, 0.15) is 40.0 Å². The number of carboxylic acids is 1. The fourth-order valence-corrected chi connectivity index (χ4v) is 2.09. The van der Waals surface area contributed by atoms with Gasteiger partial charge in [-0.1, -0.05) is 13.8 Å². The number of aliphatic carboxylic acids is 1. The Hall–Kier alpha value is -1.10. The number of likely N-dealkylation sites (tertiary alicyclic amines) is 1. The van der Waals surface area contributed by atoms with Gasteiger partial charge in [0.05, 0.1) is 6.10 Å². The van der Waals surface area contributed by atoms with Gasteiger partial charge in [0.2, 0.25) is 5.91 Å². The molecule has 0 aromatic heterocycles. The summed E-state index contributed by atoms with van der Waals surface area (Å²) in [6.07, 6.45) is 2.26. The van der Waals surface area contributed by atoms with Crippen LogP contribution in [-0.2, 0) is 14.3 Å². The highest BCUT2D eigenvalue weighted by atomic mass is 16.5. The summed E-state index contributed by atoms with van der Waals surface area (Å²) in [5.41, 5.74) is 0. The first-order chi connectivity index (χ1) is 8.45. The number of ether oxygens (including phenoxy) is 1. The van der Waals surface area contributed by atoms with Gasteiger partial charge in [0.1, 0.15) is 12.6 Å². The molecule has 3 atom stereocenters. The summed E-state index contributed by atoms with van der Waals surface area (Å²) in [7, 11) is 0. The number of nitrogens with zero attached hydrogens (tertiary/aromatic N) is 1. The van der Waals surface area contributed by atoms with Gasteiger partial charge in [-0.25, -0.2) is 4.79 Å². The number of hydrogen-bond donors (Lipinski definition) is 1. The Bertz CT molecular complexity index is 305. The quantitative estimate of drug-likeness (QED) is 0.810. The second-order valence-electron chi connectivity index (χ2n) is 5.10. The van der Waals surface area contributed by atoms with E-state index in [2.05, 4.69) is 0 Å². The number of piperidine rings is 1. The number of carboxylic acid groups (broad SMARTS) is 1. The average Bonchev–Trinajstić information content (AvgIpc) is 2.35. The van der Waals surface area contributed by atoms with Crippen molar-refractivity contribution in [1.29, 1.82) is 0 Å². The standard InChI is InChI=1S/C13H23NO4/c1-4-10(3)18-8-12(15)14-6-5-9(2)7-11(14)13(16)17/h9-11H,4-8H2,1-3H3,(H,16,17). The third-order valence-electron chi connectivity index (χ3n) is 3.54. The molecule has 1 aliphatic rings. The third-order valence-corrected chi connectivity index (χ3v) is 3.54. The van der Waals surface area contributed by atoms with Crippen LogP contribution in [0.2, 0.25) is 0 Å². The van der Waals surface area contributed by atoms with Crippen LogP contribution < -0.4 is 0 Å². The van der Waals surface area contributed by atoms with Crippen molar-refractivity contribution in [2.45, 2.75) is 52.2 Å². The normalized spacial score (nSPS) is 25.8. The van der Waals surface area contributed by atoms with Crippen molar-refractivity contribution in [2.75, 3.05) is 13.2 Å². The molecule has 1 N–H and O–H groups in total. The number of hydrogen-bond acceptors (Lipinski definition) is 3. The molecule has 1 amide bonds. The monoisotopic (exact) mass is 257 g/mol. The number of carbonyl (C=O) groups excluding carboxylic acids is 1. The zero-order valence-corrected chi connectivity index (χ0v) is 11.4. The van der Waals surface area contributed by atoms with E-state index in [0.29, 0.717) is 18.9 Å². The lowest BCUT2D eigenvalue weighted by Crippen LogP contribution is -2.51. The highest BCUT2D eigenvalue weighted by molar-refractivity contribution is 5.84. The van der Waals surface area contributed by atoms with Crippen molar-refractivity contribution < 1.29 is 19.4 Å². The number of rotatable bonds is 5. The molecule has 3 unspecified atom stereocenters. The fraction of sp³-hybridized carbons (Fsp3) is 0.846. The Morgan fingerprint density at radius 1 is 1.50 bits per heavy atom. The molecule has 0 radical (unpaired) electrons. The largest absolute Gasteiger partial charge is 0.480 e. The molecule has 18 heavy (non-hydrogen) atoms. The maximum absolute atomic E-state index is 12.0. The lowest BCUT2D eigenvalue weighted by Gasteiger charge is -2.36. The van der Waals surface area contributed by atoms with E-state index >= 15 is 0 Å². The van der Waals surface area contributed by atoms with Crippen molar-refractivity contribution in [3.63, 3.8) is 0 Å². The molecule has 0 saturated carbocycles. The van der Waals surface area contributed by atoms with Crippen LogP contribution in [0.4, 0.5) is 0 Å². The third kappa shape index (κ3) is 3.98. The average molecular weight is 257 g/mol. The molecule has 1 aliphatic heterocycles. The zero-order valence-electron chi connectivity index (χ0n) is 11.4. The predicted molar refractivity (Wildman–Crippen MR) is 67.2 cm³/mol. The molecule has 1 rings (SSSR count). The molecule has 5 heteroatoms. The minimum atomic E-state index is -0.918. The molecule has 1 saturated heterocycles. The summed E-state index contributed by atoms with van der Waals surface area (Å²) in [5.74, 6) is -0.779. The van der Waals surface area contributed by atoms with Gasteiger partial charge < -0.3 is 14.7 Å². The molecule has 0 aliphatic carbocycles. The van der Waals surface area contributed by atoms with Crippen LogP contribution in [-0.4, -0.2) is 47.2 Å². The predicted octanol–water partition coefficient (Wildman–Crippen LogP) is 1.51. The minimum absolute atomic E-state index is 0.0207. The summed E-state index contributed by atoms with van der Waals surface area (Å²) in [6.45, 7) is 6.40. The lowest BCUT2D eigenvalue weighted by molar-refractivity contribution is -0.155. The summed E-state index contributed by atoms with van der Waals surface area (Å²) in [4.78, 5) is 24.6. The summed E-state index contributed by atoms with van der Waals surface area (Å²) in [5, 5.41) is 9.16. The maximum atomic E-state index is 12.0. The van der Waals surface area contributed by atoms with Gasteiger partial charge in [-0.15, -0.1) is 0 Å². The molecular formula is C13H23NO4. The Labute approximate surface area is 108 Å². The summed E-state index contributed by atoms with van der Waals surface area (Å²) < 4.78 is 5.38. The van der Waals surface area contributed by atoms with Crippen LogP contribution >= 0.6 is 0 Å². The number of amides is 1. The molecule has 1 fully saturated rings. The summed E-state index contributed by atoms with van der Waals surface area (Å²) >= 11 is 0. The van der Waals surface area contributed by atoms with Crippen molar-refractivity contribution in [3.05, 3.63) is 0 Å². The van der Waals surface area contributed by atoms with E-state index in [1.807, 2.05) is 20.8 Å². The molecule has 0 aromatic rings. The first-order valence-corrected chi connectivity index (χ1v) is 6.59. The minimum Gasteiger partial charge on any atom is -0.480 e. The molecular weight excluding hydrogens is 234 g/mol. The highest BCUT2D eigenvalue weighted by Gasteiger charge is 2.34. The zero-order chi connectivity index (χ0) is 13.7.